The lowest BCUT2D eigenvalue weighted by atomic mass is 9.73. The fraction of sp³-hybridized carbons (Fsp3) is 0.259. The van der Waals surface area contributed by atoms with Crippen molar-refractivity contribution in [2.45, 2.75) is 44.4 Å². The van der Waals surface area contributed by atoms with Crippen molar-refractivity contribution in [3.05, 3.63) is 95.0 Å². The molecular weight excluding hydrogens is 376 g/mol. The van der Waals surface area contributed by atoms with Gasteiger partial charge < -0.3 is 4.74 Å². The molecule has 0 saturated heterocycles. The second-order valence-corrected chi connectivity index (χ2v) is 7.84. The second kappa shape index (κ2) is 10.2. The third kappa shape index (κ3) is 5.66. The van der Waals surface area contributed by atoms with Gasteiger partial charge in [0, 0.05) is 5.02 Å². The predicted molar refractivity (Wildman–Crippen MR) is 123 cm³/mol. The number of hydrogen-bond acceptors (Lipinski definition) is 1. The van der Waals surface area contributed by atoms with E-state index >= 15 is 0 Å². The number of hydrogen-bond donors (Lipinski definition) is 0. The molecule has 148 valence electrons. The van der Waals surface area contributed by atoms with Crippen LogP contribution in [0.25, 0.3) is 0 Å². The number of rotatable bonds is 9. The third-order valence-electron chi connectivity index (χ3n) is 5.30. The number of benzene rings is 3. The minimum Gasteiger partial charge on any atom is -0.457 e. The van der Waals surface area contributed by atoms with E-state index in [9.17, 15) is 0 Å². The van der Waals surface area contributed by atoms with Gasteiger partial charge in [-0.25, -0.2) is 0 Å². The largest absolute Gasteiger partial charge is 0.457 e. The minimum atomic E-state index is -0.239. The molecule has 29 heavy (non-hydrogen) atoms. The van der Waals surface area contributed by atoms with Crippen LogP contribution in [0.15, 0.2) is 78.9 Å². The molecule has 2 heteroatoms. The van der Waals surface area contributed by atoms with Crippen LogP contribution in [0, 0.1) is 12.3 Å². The van der Waals surface area contributed by atoms with Gasteiger partial charge in [0.15, 0.2) is 0 Å². The van der Waals surface area contributed by atoms with Crippen molar-refractivity contribution >= 4 is 11.6 Å². The Morgan fingerprint density at radius 3 is 2.31 bits per heavy atom. The molecule has 0 aliphatic rings. The van der Waals surface area contributed by atoms with Gasteiger partial charge in [-0.2, -0.15) is 0 Å². The fourth-order valence-electron chi connectivity index (χ4n) is 3.82. The maximum absolute atomic E-state index is 6.08. The second-order valence-electron chi connectivity index (χ2n) is 7.40. The standard InChI is InChI=1S/C27H27ClO/c1-3-19-27(4-2,23-15-17-24(28)18-16-23)20-9-11-22-10-8-14-26(21-22)29-25-12-6-5-7-13-25/h2,5-8,10,12-18,21H,3,9,11,19-20H2,1H3. The van der Waals surface area contributed by atoms with Crippen molar-refractivity contribution in [2.75, 3.05) is 0 Å². The molecule has 3 aromatic carbocycles. The average Bonchev–Trinajstić information content (AvgIpc) is 2.75. The lowest BCUT2D eigenvalue weighted by Gasteiger charge is -2.29. The molecule has 0 saturated carbocycles. The Labute approximate surface area is 179 Å². The van der Waals surface area contributed by atoms with E-state index in [1.807, 2.05) is 54.6 Å². The van der Waals surface area contributed by atoms with Crippen LogP contribution < -0.4 is 4.74 Å². The van der Waals surface area contributed by atoms with Gasteiger partial charge in [-0.05, 0) is 73.2 Å². The molecular formula is C27H27ClO. The molecule has 0 heterocycles. The molecule has 0 aliphatic heterocycles. The Kier molecular flexibility index (Phi) is 7.39. The molecule has 3 rings (SSSR count). The van der Waals surface area contributed by atoms with Crippen LogP contribution in [0.5, 0.6) is 11.5 Å². The van der Waals surface area contributed by atoms with Gasteiger partial charge in [0.05, 0.1) is 5.41 Å². The van der Waals surface area contributed by atoms with Crippen molar-refractivity contribution in [3.8, 4) is 23.8 Å². The average molecular weight is 403 g/mol. The van der Waals surface area contributed by atoms with Crippen LogP contribution in [0.2, 0.25) is 5.02 Å². The van der Waals surface area contributed by atoms with E-state index in [1.165, 1.54) is 11.1 Å². The van der Waals surface area contributed by atoms with Crippen LogP contribution in [0.1, 0.15) is 43.7 Å². The number of halogens is 1. The van der Waals surface area contributed by atoms with Gasteiger partial charge >= 0.3 is 0 Å². The molecule has 1 unspecified atom stereocenters. The minimum absolute atomic E-state index is 0.239. The van der Waals surface area contributed by atoms with Crippen molar-refractivity contribution in [1.82, 2.24) is 0 Å². The fourth-order valence-corrected chi connectivity index (χ4v) is 3.95. The first-order valence-electron chi connectivity index (χ1n) is 10.2. The van der Waals surface area contributed by atoms with Crippen molar-refractivity contribution in [3.63, 3.8) is 0 Å². The molecule has 0 radical (unpaired) electrons. The summed E-state index contributed by atoms with van der Waals surface area (Å²) < 4.78 is 5.96. The highest BCUT2D eigenvalue weighted by Crippen LogP contribution is 2.35. The number of ether oxygens (including phenoxy) is 1. The third-order valence-corrected chi connectivity index (χ3v) is 5.55. The zero-order valence-electron chi connectivity index (χ0n) is 16.9. The van der Waals surface area contributed by atoms with Gasteiger partial charge in [0.2, 0.25) is 0 Å². The van der Waals surface area contributed by atoms with E-state index in [2.05, 4.69) is 37.1 Å². The first-order chi connectivity index (χ1) is 14.1. The zero-order chi connectivity index (χ0) is 20.5. The van der Waals surface area contributed by atoms with Gasteiger partial charge in [-0.15, -0.1) is 6.42 Å². The monoisotopic (exact) mass is 402 g/mol. The summed E-state index contributed by atoms with van der Waals surface area (Å²) in [5.74, 6) is 4.83. The Morgan fingerprint density at radius 1 is 0.897 bits per heavy atom. The molecule has 0 spiro atoms. The van der Waals surface area contributed by atoms with Crippen LogP contribution >= 0.6 is 11.6 Å². The number of aryl methyl sites for hydroxylation is 1. The maximum Gasteiger partial charge on any atom is 0.127 e. The summed E-state index contributed by atoms with van der Waals surface area (Å²) >= 11 is 6.08. The molecule has 0 aliphatic carbocycles. The van der Waals surface area contributed by atoms with E-state index in [-0.39, 0.29) is 5.41 Å². The Hall–Kier alpha value is -2.69. The number of para-hydroxylation sites is 1. The molecule has 0 N–H and O–H groups in total. The van der Waals surface area contributed by atoms with Gasteiger partial charge in [-0.3, -0.25) is 0 Å². The normalized spacial score (nSPS) is 12.7. The lowest BCUT2D eigenvalue weighted by molar-refractivity contribution is 0.448. The van der Waals surface area contributed by atoms with Crippen LogP contribution in [0.4, 0.5) is 0 Å². The van der Waals surface area contributed by atoms with E-state index in [0.717, 1.165) is 48.6 Å². The summed E-state index contributed by atoms with van der Waals surface area (Å²) in [5, 5.41) is 0.742. The highest BCUT2D eigenvalue weighted by molar-refractivity contribution is 6.30. The first kappa shape index (κ1) is 21.0. The Balaban J connectivity index is 1.67. The van der Waals surface area contributed by atoms with E-state index in [0.29, 0.717) is 0 Å². The lowest BCUT2D eigenvalue weighted by Crippen LogP contribution is -2.24. The highest BCUT2D eigenvalue weighted by Gasteiger charge is 2.28. The first-order valence-corrected chi connectivity index (χ1v) is 10.6. The van der Waals surface area contributed by atoms with Crippen molar-refractivity contribution < 1.29 is 4.74 Å². The van der Waals surface area contributed by atoms with Crippen molar-refractivity contribution in [2.24, 2.45) is 0 Å². The summed E-state index contributed by atoms with van der Waals surface area (Å²) in [7, 11) is 0. The smallest absolute Gasteiger partial charge is 0.127 e. The predicted octanol–water partition coefficient (Wildman–Crippen LogP) is 7.83. The van der Waals surface area contributed by atoms with E-state index in [4.69, 9.17) is 22.8 Å². The van der Waals surface area contributed by atoms with Crippen LogP contribution in [-0.2, 0) is 11.8 Å². The number of terminal acetylenes is 1. The quantitative estimate of drug-likeness (QED) is 0.331. The molecule has 0 bridgehead atoms. The summed E-state index contributed by atoms with van der Waals surface area (Å²) in [6.07, 6.45) is 11.0. The van der Waals surface area contributed by atoms with E-state index < -0.39 is 0 Å². The maximum atomic E-state index is 6.08. The van der Waals surface area contributed by atoms with Crippen LogP contribution in [0.3, 0.4) is 0 Å². The van der Waals surface area contributed by atoms with Gasteiger partial charge in [0.1, 0.15) is 11.5 Å². The van der Waals surface area contributed by atoms with Gasteiger partial charge in [0.25, 0.3) is 0 Å². The molecule has 0 aromatic heterocycles. The highest BCUT2D eigenvalue weighted by atomic mass is 35.5. The summed E-state index contributed by atoms with van der Waals surface area (Å²) in [6, 6.07) is 26.2. The summed E-state index contributed by atoms with van der Waals surface area (Å²) in [4.78, 5) is 0. The Morgan fingerprint density at radius 2 is 1.62 bits per heavy atom. The van der Waals surface area contributed by atoms with Crippen molar-refractivity contribution in [1.29, 1.82) is 0 Å². The molecule has 0 fully saturated rings. The SMILES string of the molecule is C#CC(CCC)(CCCc1cccc(Oc2ccccc2)c1)c1ccc(Cl)cc1. The molecule has 1 atom stereocenters. The molecule has 1 nitrogen and oxygen atoms in total. The molecule has 3 aromatic rings. The summed E-state index contributed by atoms with van der Waals surface area (Å²) in [5.41, 5.74) is 2.21. The zero-order valence-corrected chi connectivity index (χ0v) is 17.7. The van der Waals surface area contributed by atoms with E-state index in [1.54, 1.807) is 0 Å². The Bertz CT molecular complexity index is 940. The molecule has 0 amide bonds. The van der Waals surface area contributed by atoms with Crippen LogP contribution in [-0.4, -0.2) is 0 Å². The topological polar surface area (TPSA) is 9.23 Å². The van der Waals surface area contributed by atoms with Gasteiger partial charge in [-0.1, -0.05) is 73.3 Å². The summed E-state index contributed by atoms with van der Waals surface area (Å²) in [6.45, 7) is 2.19.